The topological polar surface area (TPSA) is 52.6 Å². The summed E-state index contributed by atoms with van der Waals surface area (Å²) in [4.78, 5) is 24.2. The maximum Gasteiger partial charge on any atom is 0.338 e. The Kier molecular flexibility index (Phi) is 5.46. The standard InChI is InChI=1S/C28H36O4/c1-18(29)31-21-13-15-27(2)20(17-21)9-10-22-23-11-12-25(28(23,3)16-14-24(22)27)32-26(30)19-7-5-4-6-8-19/h4-9,21-25H,10-17H2,1-3H3/t21-,22-,23-,24-,25-,27+,28+/m0/s1. The van der Waals surface area contributed by atoms with E-state index >= 15 is 0 Å². The summed E-state index contributed by atoms with van der Waals surface area (Å²) in [6, 6.07) is 9.40. The van der Waals surface area contributed by atoms with Crippen molar-refractivity contribution in [3.63, 3.8) is 0 Å². The number of ether oxygens (including phenoxy) is 2. The second-order valence-electron chi connectivity index (χ2n) is 11.1. The van der Waals surface area contributed by atoms with Gasteiger partial charge in [0, 0.05) is 18.8 Å². The van der Waals surface area contributed by atoms with Gasteiger partial charge in [-0.1, -0.05) is 43.7 Å². The van der Waals surface area contributed by atoms with Crippen LogP contribution in [0.5, 0.6) is 0 Å². The zero-order valence-corrected chi connectivity index (χ0v) is 19.6. The monoisotopic (exact) mass is 436 g/mol. The normalized spacial score (nSPS) is 40.3. The molecule has 0 aliphatic heterocycles. The average molecular weight is 437 g/mol. The molecule has 3 saturated carbocycles. The quantitative estimate of drug-likeness (QED) is 0.424. The Bertz CT molecular complexity index is 921. The number of benzene rings is 1. The third-order valence-corrected chi connectivity index (χ3v) is 9.56. The molecule has 0 spiro atoms. The Hall–Kier alpha value is -2.10. The molecule has 172 valence electrons. The molecule has 4 aliphatic rings. The van der Waals surface area contributed by atoms with Gasteiger partial charge in [-0.3, -0.25) is 4.79 Å². The van der Waals surface area contributed by atoms with E-state index in [-0.39, 0.29) is 35.0 Å². The molecule has 0 amide bonds. The van der Waals surface area contributed by atoms with E-state index < -0.39 is 0 Å². The summed E-state index contributed by atoms with van der Waals surface area (Å²) in [5.41, 5.74) is 2.46. The third kappa shape index (κ3) is 3.50. The van der Waals surface area contributed by atoms with Crippen molar-refractivity contribution < 1.29 is 19.1 Å². The minimum Gasteiger partial charge on any atom is -0.462 e. The molecule has 0 unspecified atom stereocenters. The van der Waals surface area contributed by atoms with Gasteiger partial charge < -0.3 is 9.47 Å². The highest BCUT2D eigenvalue weighted by Crippen LogP contribution is 2.65. The van der Waals surface area contributed by atoms with Crippen LogP contribution in [-0.2, 0) is 14.3 Å². The second-order valence-corrected chi connectivity index (χ2v) is 11.1. The Morgan fingerprint density at radius 3 is 2.47 bits per heavy atom. The van der Waals surface area contributed by atoms with Crippen molar-refractivity contribution >= 4 is 11.9 Å². The van der Waals surface area contributed by atoms with Gasteiger partial charge in [0.2, 0.25) is 0 Å². The minimum atomic E-state index is -0.179. The van der Waals surface area contributed by atoms with Crippen LogP contribution in [-0.4, -0.2) is 24.1 Å². The molecule has 7 atom stereocenters. The summed E-state index contributed by atoms with van der Waals surface area (Å²) in [6.45, 7) is 6.36. The largest absolute Gasteiger partial charge is 0.462 e. The predicted molar refractivity (Wildman–Crippen MR) is 123 cm³/mol. The first-order valence-electron chi connectivity index (χ1n) is 12.4. The van der Waals surface area contributed by atoms with Gasteiger partial charge in [-0.15, -0.1) is 0 Å². The van der Waals surface area contributed by atoms with E-state index in [2.05, 4.69) is 19.9 Å². The van der Waals surface area contributed by atoms with Gasteiger partial charge in [-0.25, -0.2) is 4.79 Å². The van der Waals surface area contributed by atoms with Crippen LogP contribution in [0.15, 0.2) is 42.0 Å². The summed E-state index contributed by atoms with van der Waals surface area (Å²) in [6.07, 6.45) is 11.1. The molecule has 0 aromatic heterocycles. The Morgan fingerprint density at radius 2 is 1.72 bits per heavy atom. The van der Waals surface area contributed by atoms with Crippen LogP contribution in [0.25, 0.3) is 0 Å². The smallest absolute Gasteiger partial charge is 0.338 e. The SMILES string of the molecule is CC(=O)O[C@H]1CC[C@]2(C)C(=CC[C@H]3[C@@H]4CC[C@H](OC(=O)c5ccccc5)[C@]4(C)CC[C@@H]32)C1. The molecule has 0 N–H and O–H groups in total. The van der Waals surface area contributed by atoms with E-state index in [1.54, 1.807) is 0 Å². The van der Waals surface area contributed by atoms with Crippen LogP contribution in [0.2, 0.25) is 0 Å². The second kappa shape index (κ2) is 8.04. The summed E-state index contributed by atoms with van der Waals surface area (Å²) < 4.78 is 11.7. The van der Waals surface area contributed by atoms with E-state index in [1.165, 1.54) is 18.9 Å². The Morgan fingerprint density at radius 1 is 0.938 bits per heavy atom. The van der Waals surface area contributed by atoms with Gasteiger partial charge in [0.05, 0.1) is 5.56 Å². The van der Waals surface area contributed by atoms with Crippen molar-refractivity contribution in [2.75, 3.05) is 0 Å². The lowest BCUT2D eigenvalue weighted by Crippen LogP contribution is -2.51. The highest BCUT2D eigenvalue weighted by atomic mass is 16.5. The van der Waals surface area contributed by atoms with Crippen LogP contribution < -0.4 is 0 Å². The maximum atomic E-state index is 12.8. The van der Waals surface area contributed by atoms with Crippen molar-refractivity contribution in [1.29, 1.82) is 0 Å². The van der Waals surface area contributed by atoms with Gasteiger partial charge in [-0.05, 0) is 80.2 Å². The highest BCUT2D eigenvalue weighted by Gasteiger charge is 2.59. The summed E-state index contributed by atoms with van der Waals surface area (Å²) in [5, 5.41) is 0. The van der Waals surface area contributed by atoms with Gasteiger partial charge in [0.1, 0.15) is 12.2 Å². The molecule has 0 heterocycles. The Balaban J connectivity index is 1.33. The van der Waals surface area contributed by atoms with Crippen molar-refractivity contribution in [3.05, 3.63) is 47.5 Å². The lowest BCUT2D eigenvalue weighted by molar-refractivity contribution is -0.148. The van der Waals surface area contributed by atoms with E-state index in [4.69, 9.17) is 9.47 Å². The first kappa shape index (κ1) is 21.7. The molecule has 1 aromatic rings. The highest BCUT2D eigenvalue weighted by molar-refractivity contribution is 5.89. The number of allylic oxidation sites excluding steroid dienone is 1. The molecular formula is C28H36O4. The summed E-state index contributed by atoms with van der Waals surface area (Å²) in [7, 11) is 0. The molecule has 1 aromatic carbocycles. The number of carbonyl (C=O) groups is 2. The number of hydrogen-bond acceptors (Lipinski definition) is 4. The minimum absolute atomic E-state index is 0.0130. The molecule has 0 bridgehead atoms. The number of fused-ring (bicyclic) bond motifs is 5. The van der Waals surface area contributed by atoms with Crippen molar-refractivity contribution in [1.82, 2.24) is 0 Å². The van der Waals surface area contributed by atoms with E-state index in [0.717, 1.165) is 44.9 Å². The molecular weight excluding hydrogens is 400 g/mol. The average Bonchev–Trinajstić information content (AvgIpc) is 3.10. The van der Waals surface area contributed by atoms with Crippen LogP contribution in [0.3, 0.4) is 0 Å². The number of esters is 2. The van der Waals surface area contributed by atoms with Crippen molar-refractivity contribution in [3.8, 4) is 0 Å². The molecule has 3 fully saturated rings. The van der Waals surface area contributed by atoms with Gasteiger partial charge in [-0.2, -0.15) is 0 Å². The third-order valence-electron chi connectivity index (χ3n) is 9.56. The predicted octanol–water partition coefficient (Wildman–Crippen LogP) is 6.11. The number of rotatable bonds is 3. The maximum absolute atomic E-state index is 12.8. The Labute approximate surface area is 191 Å². The van der Waals surface area contributed by atoms with E-state index in [9.17, 15) is 9.59 Å². The summed E-state index contributed by atoms with van der Waals surface area (Å²) >= 11 is 0. The first-order valence-corrected chi connectivity index (χ1v) is 12.4. The van der Waals surface area contributed by atoms with E-state index in [1.807, 2.05) is 30.3 Å². The van der Waals surface area contributed by atoms with E-state index in [0.29, 0.717) is 23.3 Å². The lowest BCUT2D eigenvalue weighted by Gasteiger charge is -2.57. The van der Waals surface area contributed by atoms with Gasteiger partial charge >= 0.3 is 11.9 Å². The fourth-order valence-corrected chi connectivity index (χ4v) is 7.88. The molecule has 32 heavy (non-hydrogen) atoms. The lowest BCUT2D eigenvalue weighted by atomic mass is 9.48. The fourth-order valence-electron chi connectivity index (χ4n) is 7.88. The molecule has 5 rings (SSSR count). The van der Waals surface area contributed by atoms with Crippen LogP contribution in [0, 0.1) is 28.6 Å². The molecule has 0 saturated heterocycles. The molecule has 0 radical (unpaired) electrons. The zero-order chi connectivity index (χ0) is 22.5. The van der Waals surface area contributed by atoms with Crippen LogP contribution in [0.1, 0.15) is 82.5 Å². The molecule has 4 nitrogen and oxygen atoms in total. The number of hydrogen-bond donors (Lipinski definition) is 0. The molecule has 4 aliphatic carbocycles. The van der Waals surface area contributed by atoms with Crippen molar-refractivity contribution in [2.45, 2.75) is 84.3 Å². The van der Waals surface area contributed by atoms with Crippen LogP contribution in [0.4, 0.5) is 0 Å². The first-order chi connectivity index (χ1) is 15.3. The van der Waals surface area contributed by atoms with Crippen molar-refractivity contribution in [2.24, 2.45) is 28.6 Å². The number of carbonyl (C=O) groups excluding carboxylic acids is 2. The summed E-state index contributed by atoms with van der Waals surface area (Å²) in [5.74, 6) is 1.61. The zero-order valence-electron chi connectivity index (χ0n) is 19.6. The van der Waals surface area contributed by atoms with Gasteiger partial charge in [0.15, 0.2) is 0 Å². The fraction of sp³-hybridized carbons (Fsp3) is 0.643. The van der Waals surface area contributed by atoms with Crippen LogP contribution >= 0.6 is 0 Å². The van der Waals surface area contributed by atoms with Gasteiger partial charge in [0.25, 0.3) is 0 Å². The molecule has 4 heteroatoms.